The number of benzene rings is 2. The van der Waals surface area contributed by atoms with E-state index >= 15 is 0 Å². The molecule has 0 saturated carbocycles. The number of nitrogens with zero attached hydrogens (tertiary/aromatic N) is 2. The average Bonchev–Trinajstić information content (AvgIpc) is 2.53. The Balaban J connectivity index is 1.96. The van der Waals surface area contributed by atoms with E-state index in [-0.39, 0.29) is 10.3 Å². The zero-order chi connectivity index (χ0) is 15.9. The summed E-state index contributed by atoms with van der Waals surface area (Å²) in [5.74, 6) is 0. The quantitative estimate of drug-likeness (QED) is 0.526. The van der Waals surface area contributed by atoms with E-state index in [1.165, 1.54) is 0 Å². The minimum atomic E-state index is 0.0121. The molecular formula is C14H10Cl4N4. The fourth-order valence-electron chi connectivity index (χ4n) is 1.37. The van der Waals surface area contributed by atoms with E-state index in [1.54, 1.807) is 48.5 Å². The van der Waals surface area contributed by atoms with Gasteiger partial charge in [0.1, 0.15) is 0 Å². The Morgan fingerprint density at radius 2 is 0.955 bits per heavy atom. The SMILES string of the molecule is ClC(=N\Nc1ccc(Cl)cc1)/C(Cl)=N/Nc1ccc(Cl)cc1. The van der Waals surface area contributed by atoms with Gasteiger partial charge in [-0.3, -0.25) is 10.9 Å². The summed E-state index contributed by atoms with van der Waals surface area (Å²) < 4.78 is 0. The van der Waals surface area contributed by atoms with Gasteiger partial charge in [0.05, 0.1) is 11.4 Å². The summed E-state index contributed by atoms with van der Waals surface area (Å²) in [5, 5.41) is 9.12. The van der Waals surface area contributed by atoms with E-state index in [4.69, 9.17) is 46.4 Å². The van der Waals surface area contributed by atoms with Gasteiger partial charge >= 0.3 is 0 Å². The van der Waals surface area contributed by atoms with Crippen LogP contribution in [0.5, 0.6) is 0 Å². The number of hydrazone groups is 2. The maximum absolute atomic E-state index is 5.94. The van der Waals surface area contributed by atoms with Crippen LogP contribution < -0.4 is 10.9 Å². The molecule has 4 nitrogen and oxygen atoms in total. The van der Waals surface area contributed by atoms with Crippen molar-refractivity contribution in [1.82, 2.24) is 0 Å². The van der Waals surface area contributed by atoms with E-state index in [1.807, 2.05) is 0 Å². The van der Waals surface area contributed by atoms with Gasteiger partial charge in [-0.2, -0.15) is 10.2 Å². The largest absolute Gasteiger partial charge is 0.277 e. The number of nitrogens with one attached hydrogen (secondary N) is 2. The van der Waals surface area contributed by atoms with Gasteiger partial charge in [0.15, 0.2) is 10.3 Å². The minimum absolute atomic E-state index is 0.0121. The molecule has 0 unspecified atom stereocenters. The van der Waals surface area contributed by atoms with Gasteiger partial charge in [0, 0.05) is 10.0 Å². The van der Waals surface area contributed by atoms with Crippen molar-refractivity contribution in [2.24, 2.45) is 10.2 Å². The third kappa shape index (κ3) is 5.39. The predicted octanol–water partition coefficient (Wildman–Crippen LogP) is 5.62. The summed E-state index contributed by atoms with van der Waals surface area (Å²) in [6.45, 7) is 0. The molecule has 2 aromatic carbocycles. The van der Waals surface area contributed by atoms with Crippen molar-refractivity contribution in [1.29, 1.82) is 0 Å². The minimum Gasteiger partial charge on any atom is -0.277 e. The van der Waals surface area contributed by atoms with E-state index < -0.39 is 0 Å². The summed E-state index contributed by atoms with van der Waals surface area (Å²) in [7, 11) is 0. The molecule has 2 aromatic rings. The Labute approximate surface area is 147 Å². The molecule has 0 atom stereocenters. The lowest BCUT2D eigenvalue weighted by molar-refractivity contribution is 1.34. The fraction of sp³-hybridized carbons (Fsp3) is 0. The van der Waals surface area contributed by atoms with Crippen molar-refractivity contribution in [3.05, 3.63) is 58.6 Å². The smallest absolute Gasteiger partial charge is 0.188 e. The molecule has 0 amide bonds. The van der Waals surface area contributed by atoms with Crippen molar-refractivity contribution in [2.45, 2.75) is 0 Å². The Morgan fingerprint density at radius 1 is 0.636 bits per heavy atom. The molecule has 0 heterocycles. The van der Waals surface area contributed by atoms with Crippen molar-refractivity contribution in [2.75, 3.05) is 10.9 Å². The van der Waals surface area contributed by atoms with Crippen LogP contribution in [0.2, 0.25) is 10.0 Å². The number of rotatable bonds is 5. The number of anilines is 2. The summed E-state index contributed by atoms with van der Waals surface area (Å²) in [5.41, 5.74) is 6.93. The monoisotopic (exact) mass is 374 g/mol. The van der Waals surface area contributed by atoms with Gasteiger partial charge in [-0.05, 0) is 48.5 Å². The lowest BCUT2D eigenvalue weighted by Gasteiger charge is -2.02. The molecule has 0 saturated heterocycles. The molecule has 0 bridgehead atoms. The molecule has 0 radical (unpaired) electrons. The van der Waals surface area contributed by atoms with Crippen LogP contribution in [-0.4, -0.2) is 10.3 Å². The van der Waals surface area contributed by atoms with Crippen molar-refractivity contribution < 1.29 is 0 Å². The van der Waals surface area contributed by atoms with Crippen LogP contribution in [0.1, 0.15) is 0 Å². The van der Waals surface area contributed by atoms with Gasteiger partial charge in [-0.15, -0.1) is 0 Å². The molecule has 114 valence electrons. The average molecular weight is 376 g/mol. The first-order valence-electron chi connectivity index (χ1n) is 6.04. The zero-order valence-electron chi connectivity index (χ0n) is 11.0. The maximum atomic E-state index is 5.94. The molecule has 0 aromatic heterocycles. The maximum Gasteiger partial charge on any atom is 0.188 e. The molecule has 8 heteroatoms. The van der Waals surface area contributed by atoms with Crippen LogP contribution >= 0.6 is 46.4 Å². The molecule has 2 N–H and O–H groups in total. The molecule has 0 spiro atoms. The predicted molar refractivity (Wildman–Crippen MR) is 96.7 cm³/mol. The Kier molecular flexibility index (Phi) is 6.34. The van der Waals surface area contributed by atoms with Gasteiger partial charge in [-0.1, -0.05) is 46.4 Å². The van der Waals surface area contributed by atoms with Crippen molar-refractivity contribution in [3.63, 3.8) is 0 Å². The Bertz CT molecular complexity index is 619. The second-order valence-electron chi connectivity index (χ2n) is 4.04. The van der Waals surface area contributed by atoms with E-state index in [0.717, 1.165) is 11.4 Å². The third-order valence-electron chi connectivity index (χ3n) is 2.42. The highest BCUT2D eigenvalue weighted by Gasteiger charge is 2.03. The topological polar surface area (TPSA) is 48.8 Å². The van der Waals surface area contributed by atoms with Gasteiger partial charge < -0.3 is 0 Å². The standard InChI is InChI=1S/C14H10Cl4N4/c15-9-1-5-11(6-2-9)19-21-13(17)14(18)22-20-12-7-3-10(16)4-8-12/h1-8,19-20H/b21-13-,22-14-. The Hall–Kier alpha value is -1.46. The molecule has 2 rings (SSSR count). The summed E-state index contributed by atoms with van der Waals surface area (Å²) in [6.07, 6.45) is 0. The first-order chi connectivity index (χ1) is 10.5. The lowest BCUT2D eigenvalue weighted by Crippen LogP contribution is -2.05. The number of hydrogen-bond donors (Lipinski definition) is 2. The second kappa shape index (κ2) is 8.25. The fourth-order valence-corrected chi connectivity index (χ4v) is 1.79. The highest BCUT2D eigenvalue weighted by Crippen LogP contribution is 2.15. The van der Waals surface area contributed by atoms with Gasteiger partial charge in [0.2, 0.25) is 0 Å². The van der Waals surface area contributed by atoms with E-state index in [0.29, 0.717) is 10.0 Å². The highest BCUT2D eigenvalue weighted by molar-refractivity contribution is 7.00. The highest BCUT2D eigenvalue weighted by atomic mass is 35.5. The van der Waals surface area contributed by atoms with Gasteiger partial charge in [-0.25, -0.2) is 0 Å². The number of hydrogen-bond acceptors (Lipinski definition) is 4. The summed E-state index contributed by atoms with van der Waals surface area (Å²) >= 11 is 23.5. The van der Waals surface area contributed by atoms with Crippen LogP contribution in [0.4, 0.5) is 11.4 Å². The van der Waals surface area contributed by atoms with Crippen LogP contribution in [0.3, 0.4) is 0 Å². The molecule has 0 aliphatic heterocycles. The van der Waals surface area contributed by atoms with Crippen LogP contribution in [0, 0.1) is 0 Å². The molecule has 0 aliphatic carbocycles. The molecular weight excluding hydrogens is 366 g/mol. The Morgan fingerprint density at radius 3 is 1.27 bits per heavy atom. The van der Waals surface area contributed by atoms with Gasteiger partial charge in [0.25, 0.3) is 0 Å². The normalized spacial score (nSPS) is 12.2. The summed E-state index contributed by atoms with van der Waals surface area (Å²) in [4.78, 5) is 0. The lowest BCUT2D eigenvalue weighted by atomic mass is 10.3. The third-order valence-corrected chi connectivity index (χ3v) is 3.55. The second-order valence-corrected chi connectivity index (χ2v) is 5.63. The summed E-state index contributed by atoms with van der Waals surface area (Å²) in [6, 6.07) is 13.9. The van der Waals surface area contributed by atoms with Crippen molar-refractivity contribution >= 4 is 68.1 Å². The van der Waals surface area contributed by atoms with Crippen molar-refractivity contribution in [3.8, 4) is 0 Å². The molecule has 0 aliphatic rings. The molecule has 0 fully saturated rings. The van der Waals surface area contributed by atoms with E-state index in [2.05, 4.69) is 21.1 Å². The number of halogens is 4. The van der Waals surface area contributed by atoms with Crippen LogP contribution in [0.25, 0.3) is 0 Å². The first-order valence-corrected chi connectivity index (χ1v) is 7.55. The first kappa shape index (κ1) is 16.9. The van der Waals surface area contributed by atoms with Crippen LogP contribution in [0.15, 0.2) is 58.7 Å². The van der Waals surface area contributed by atoms with E-state index in [9.17, 15) is 0 Å². The zero-order valence-corrected chi connectivity index (χ0v) is 14.0. The van der Waals surface area contributed by atoms with Crippen LogP contribution in [-0.2, 0) is 0 Å². The molecule has 22 heavy (non-hydrogen) atoms.